The molecule has 0 aliphatic rings. The maximum absolute atomic E-state index is 8.13. The second-order valence-corrected chi connectivity index (χ2v) is 3.22. The van der Waals surface area contributed by atoms with E-state index in [0.29, 0.717) is 6.54 Å². The SMILES string of the molecule is Cc1cccc(N(C)CCN=[N+]=[N-])c1. The molecule has 0 spiro atoms. The molecule has 0 heterocycles. The van der Waals surface area contributed by atoms with Gasteiger partial charge in [-0.3, -0.25) is 0 Å². The third kappa shape index (κ3) is 2.99. The summed E-state index contributed by atoms with van der Waals surface area (Å²) in [6, 6.07) is 8.23. The largest absolute Gasteiger partial charge is 0.374 e. The third-order valence-corrected chi connectivity index (χ3v) is 2.04. The molecule has 0 unspecified atom stereocenters. The molecule has 0 bridgehead atoms. The van der Waals surface area contributed by atoms with Crippen LogP contribution in [-0.4, -0.2) is 20.1 Å². The average molecular weight is 190 g/mol. The lowest BCUT2D eigenvalue weighted by molar-refractivity contribution is 0.879. The van der Waals surface area contributed by atoms with E-state index in [-0.39, 0.29) is 0 Å². The van der Waals surface area contributed by atoms with Crippen LogP contribution in [0.1, 0.15) is 5.56 Å². The van der Waals surface area contributed by atoms with E-state index >= 15 is 0 Å². The van der Waals surface area contributed by atoms with Crippen LogP contribution in [0.3, 0.4) is 0 Å². The molecule has 14 heavy (non-hydrogen) atoms. The summed E-state index contributed by atoms with van der Waals surface area (Å²) in [6.07, 6.45) is 0. The number of rotatable bonds is 4. The molecular weight excluding hydrogens is 176 g/mol. The van der Waals surface area contributed by atoms with E-state index in [9.17, 15) is 0 Å². The van der Waals surface area contributed by atoms with Crippen LogP contribution in [0.15, 0.2) is 29.4 Å². The first kappa shape index (κ1) is 10.4. The summed E-state index contributed by atoms with van der Waals surface area (Å²) < 4.78 is 0. The molecule has 0 saturated carbocycles. The van der Waals surface area contributed by atoms with Crippen molar-refractivity contribution >= 4 is 5.69 Å². The molecule has 1 aromatic rings. The first-order chi connectivity index (χ1) is 6.74. The summed E-state index contributed by atoms with van der Waals surface area (Å²) in [5, 5.41) is 3.50. The summed E-state index contributed by atoms with van der Waals surface area (Å²) in [6.45, 7) is 3.30. The van der Waals surface area contributed by atoms with Gasteiger partial charge in [0.2, 0.25) is 0 Å². The second kappa shape index (κ2) is 5.14. The van der Waals surface area contributed by atoms with Crippen molar-refractivity contribution < 1.29 is 0 Å². The number of benzene rings is 1. The molecule has 0 radical (unpaired) electrons. The van der Waals surface area contributed by atoms with E-state index in [0.717, 1.165) is 12.2 Å². The Morgan fingerprint density at radius 3 is 2.93 bits per heavy atom. The molecule has 0 amide bonds. The monoisotopic (exact) mass is 190 g/mol. The van der Waals surface area contributed by atoms with Crippen molar-refractivity contribution in [3.8, 4) is 0 Å². The smallest absolute Gasteiger partial charge is 0.0434 e. The van der Waals surface area contributed by atoms with Gasteiger partial charge in [0.05, 0.1) is 0 Å². The minimum absolute atomic E-state index is 0.501. The van der Waals surface area contributed by atoms with Crippen LogP contribution in [-0.2, 0) is 0 Å². The van der Waals surface area contributed by atoms with Gasteiger partial charge in [-0.1, -0.05) is 17.2 Å². The van der Waals surface area contributed by atoms with Gasteiger partial charge in [-0.25, -0.2) is 0 Å². The van der Waals surface area contributed by atoms with Crippen molar-refractivity contribution in [2.45, 2.75) is 6.92 Å². The Kier molecular flexibility index (Phi) is 3.83. The van der Waals surface area contributed by atoms with Gasteiger partial charge < -0.3 is 4.90 Å². The minimum atomic E-state index is 0.501. The van der Waals surface area contributed by atoms with E-state index in [1.165, 1.54) is 5.56 Å². The Balaban J connectivity index is 2.59. The zero-order valence-electron chi connectivity index (χ0n) is 8.51. The number of azide groups is 1. The van der Waals surface area contributed by atoms with Gasteiger partial charge in [0.1, 0.15) is 0 Å². The molecule has 0 aliphatic carbocycles. The Morgan fingerprint density at radius 1 is 1.50 bits per heavy atom. The maximum atomic E-state index is 8.13. The lowest BCUT2D eigenvalue weighted by atomic mass is 10.2. The van der Waals surface area contributed by atoms with Crippen molar-refractivity contribution in [3.05, 3.63) is 40.3 Å². The zero-order valence-corrected chi connectivity index (χ0v) is 8.51. The summed E-state index contributed by atoms with van der Waals surface area (Å²) in [7, 11) is 1.99. The Bertz CT molecular complexity index is 342. The van der Waals surface area contributed by atoms with E-state index in [1.54, 1.807) is 0 Å². The Hall–Kier alpha value is -1.67. The van der Waals surface area contributed by atoms with Gasteiger partial charge in [0, 0.05) is 30.7 Å². The molecule has 0 saturated heterocycles. The van der Waals surface area contributed by atoms with Crippen LogP contribution in [0, 0.1) is 6.92 Å². The number of aryl methyl sites for hydroxylation is 1. The van der Waals surface area contributed by atoms with Crippen LogP contribution in [0.25, 0.3) is 10.4 Å². The predicted octanol–water partition coefficient (Wildman–Crippen LogP) is 2.74. The first-order valence-electron chi connectivity index (χ1n) is 4.52. The van der Waals surface area contributed by atoms with E-state index in [2.05, 4.69) is 34.0 Å². The van der Waals surface area contributed by atoms with Crippen LogP contribution in [0.4, 0.5) is 5.69 Å². The minimum Gasteiger partial charge on any atom is -0.374 e. The zero-order chi connectivity index (χ0) is 10.4. The molecule has 0 aromatic heterocycles. The molecule has 0 atom stereocenters. The Morgan fingerprint density at radius 2 is 2.29 bits per heavy atom. The Labute approximate surface area is 83.8 Å². The quantitative estimate of drug-likeness (QED) is 0.409. The van der Waals surface area contributed by atoms with Crippen LogP contribution in [0.2, 0.25) is 0 Å². The van der Waals surface area contributed by atoms with E-state index in [1.807, 2.05) is 19.2 Å². The molecule has 0 N–H and O–H groups in total. The van der Waals surface area contributed by atoms with E-state index in [4.69, 9.17) is 5.53 Å². The number of nitrogens with zero attached hydrogens (tertiary/aromatic N) is 4. The molecule has 4 heteroatoms. The summed E-state index contributed by atoms with van der Waals surface area (Å²) in [5.74, 6) is 0. The average Bonchev–Trinajstić information content (AvgIpc) is 2.18. The van der Waals surface area contributed by atoms with Crippen molar-refractivity contribution in [3.63, 3.8) is 0 Å². The van der Waals surface area contributed by atoms with Gasteiger partial charge in [-0.05, 0) is 30.2 Å². The third-order valence-electron chi connectivity index (χ3n) is 2.04. The molecule has 0 fully saturated rings. The van der Waals surface area contributed by atoms with Crippen LogP contribution in [0.5, 0.6) is 0 Å². The highest BCUT2D eigenvalue weighted by atomic mass is 15.2. The molecule has 1 aromatic carbocycles. The van der Waals surface area contributed by atoms with Crippen molar-refractivity contribution in [1.29, 1.82) is 0 Å². The fourth-order valence-corrected chi connectivity index (χ4v) is 1.23. The van der Waals surface area contributed by atoms with Crippen LogP contribution < -0.4 is 4.90 Å². The summed E-state index contributed by atoms with van der Waals surface area (Å²) in [5.41, 5.74) is 10.5. The fourth-order valence-electron chi connectivity index (χ4n) is 1.23. The number of likely N-dealkylation sites (N-methyl/N-ethyl adjacent to an activating group) is 1. The molecule has 0 aliphatic heterocycles. The van der Waals surface area contributed by atoms with Crippen molar-refractivity contribution in [2.24, 2.45) is 5.11 Å². The second-order valence-electron chi connectivity index (χ2n) is 3.22. The van der Waals surface area contributed by atoms with Gasteiger partial charge in [0.15, 0.2) is 0 Å². The topological polar surface area (TPSA) is 52.0 Å². The van der Waals surface area contributed by atoms with Gasteiger partial charge in [0.25, 0.3) is 0 Å². The lowest BCUT2D eigenvalue weighted by Gasteiger charge is -2.18. The number of hydrogen-bond acceptors (Lipinski definition) is 2. The number of hydrogen-bond donors (Lipinski definition) is 0. The molecular formula is C10H14N4. The van der Waals surface area contributed by atoms with Gasteiger partial charge >= 0.3 is 0 Å². The first-order valence-corrected chi connectivity index (χ1v) is 4.52. The maximum Gasteiger partial charge on any atom is 0.0434 e. The van der Waals surface area contributed by atoms with Crippen molar-refractivity contribution in [1.82, 2.24) is 0 Å². The molecule has 1 rings (SSSR count). The highest BCUT2D eigenvalue weighted by Gasteiger charge is 1.98. The molecule has 4 nitrogen and oxygen atoms in total. The molecule has 74 valence electrons. The van der Waals surface area contributed by atoms with E-state index < -0.39 is 0 Å². The van der Waals surface area contributed by atoms with Crippen LogP contribution >= 0.6 is 0 Å². The van der Waals surface area contributed by atoms with Gasteiger partial charge in [-0.2, -0.15) is 0 Å². The lowest BCUT2D eigenvalue weighted by Crippen LogP contribution is -2.20. The highest BCUT2D eigenvalue weighted by molar-refractivity contribution is 5.47. The summed E-state index contributed by atoms with van der Waals surface area (Å²) >= 11 is 0. The fraction of sp³-hybridized carbons (Fsp3) is 0.400. The summed E-state index contributed by atoms with van der Waals surface area (Å²) in [4.78, 5) is 4.79. The normalized spacial score (nSPS) is 9.29. The number of anilines is 1. The predicted molar refractivity (Wildman–Crippen MR) is 58.5 cm³/mol. The van der Waals surface area contributed by atoms with Crippen molar-refractivity contribution in [2.75, 3.05) is 25.0 Å². The standard InChI is InChI=1S/C10H14N4/c1-9-4-3-5-10(8-9)14(2)7-6-12-13-11/h3-5,8H,6-7H2,1-2H3. The highest BCUT2D eigenvalue weighted by Crippen LogP contribution is 2.13. The van der Waals surface area contributed by atoms with Gasteiger partial charge in [-0.15, -0.1) is 0 Å².